The van der Waals surface area contributed by atoms with Crippen molar-refractivity contribution in [2.75, 3.05) is 81.6 Å². The second-order valence-corrected chi connectivity index (χ2v) is 18.2. The van der Waals surface area contributed by atoms with Gasteiger partial charge in [0.05, 0.1) is 43.6 Å². The van der Waals surface area contributed by atoms with Crippen molar-refractivity contribution in [3.05, 3.63) is 119 Å². The van der Waals surface area contributed by atoms with E-state index in [0.717, 1.165) is 32.4 Å². The number of benzene rings is 4. The van der Waals surface area contributed by atoms with E-state index in [1.54, 1.807) is 72.5 Å². The zero-order valence-electron chi connectivity index (χ0n) is 40.3. The maximum absolute atomic E-state index is 12.7. The first-order valence-corrected chi connectivity index (χ1v) is 24.5. The molecule has 0 bridgehead atoms. The molecule has 3 heterocycles. The number of carbonyl (C=O) groups is 7. The van der Waals surface area contributed by atoms with Crippen LogP contribution in [0.25, 0.3) is 0 Å². The van der Waals surface area contributed by atoms with Crippen LogP contribution in [0.3, 0.4) is 0 Å². The van der Waals surface area contributed by atoms with Gasteiger partial charge in [0.1, 0.15) is 42.0 Å². The molecule has 0 saturated carbocycles. The van der Waals surface area contributed by atoms with Crippen LogP contribution < -0.4 is 29.9 Å². The number of esters is 3. The summed E-state index contributed by atoms with van der Waals surface area (Å²) in [6, 6.07) is 25.3. The summed E-state index contributed by atoms with van der Waals surface area (Å²) in [6.07, 6.45) is -1.23. The van der Waals surface area contributed by atoms with Crippen molar-refractivity contribution in [3.8, 4) is 11.5 Å². The van der Waals surface area contributed by atoms with Crippen LogP contribution in [0.4, 0.5) is 21.0 Å². The van der Waals surface area contributed by atoms with E-state index in [1.807, 2.05) is 0 Å². The molecule has 0 spiro atoms. The Bertz CT molecular complexity index is 2840. The van der Waals surface area contributed by atoms with Gasteiger partial charge >= 0.3 is 30.1 Å². The zero-order valence-corrected chi connectivity index (χ0v) is 41.1. The zero-order chi connectivity index (χ0) is 52.8. The average Bonchev–Trinajstić information content (AvgIpc) is 3.91. The molecule has 0 radical (unpaired) electrons. The molecule has 2 unspecified atom stereocenters. The van der Waals surface area contributed by atoms with Crippen molar-refractivity contribution in [1.29, 1.82) is 10.8 Å². The van der Waals surface area contributed by atoms with Crippen LogP contribution in [-0.2, 0) is 42.9 Å². The van der Waals surface area contributed by atoms with Crippen LogP contribution in [0.1, 0.15) is 52.6 Å². The molecule has 386 valence electrons. The molecule has 4 aromatic rings. The number of anilines is 2. The highest BCUT2D eigenvalue weighted by atomic mass is 32.2. The maximum Gasteiger partial charge on any atom is 0.414 e. The highest BCUT2D eigenvalue weighted by Crippen LogP contribution is 2.26. The molecule has 2 atom stereocenters. The van der Waals surface area contributed by atoms with E-state index >= 15 is 0 Å². The van der Waals surface area contributed by atoms with E-state index in [-0.39, 0.29) is 66.1 Å². The number of carbonyl (C=O) groups excluding carboxylic acids is 7. The van der Waals surface area contributed by atoms with Gasteiger partial charge in [-0.05, 0) is 79.7 Å². The van der Waals surface area contributed by atoms with Crippen molar-refractivity contribution in [1.82, 2.24) is 20.4 Å². The van der Waals surface area contributed by atoms with Gasteiger partial charge in [-0.1, -0.05) is 24.3 Å². The minimum absolute atomic E-state index is 0.0765. The van der Waals surface area contributed by atoms with E-state index in [2.05, 4.69) is 24.6 Å². The Morgan fingerprint density at radius 1 is 0.644 bits per heavy atom. The first-order chi connectivity index (χ1) is 34.8. The SMILES string of the molecule is CC(=O)Oc1ccccc1C(=O)NC(=N)c1ccc(N2CC(COS(C)(=O)=O)OC2=O)cc1.CCOC(=O)CN1CCN(CC2CN(c3ccc(C(=N)NC(=O)c4ccccc4OC(C)=O)cc3)C(=O)O2)CC1. The summed E-state index contributed by atoms with van der Waals surface area (Å²) in [6.45, 7) is 8.71. The van der Waals surface area contributed by atoms with Gasteiger partial charge in [-0.25, -0.2) is 9.59 Å². The number of hydrogen-bond donors (Lipinski definition) is 4. The lowest BCUT2D eigenvalue weighted by atomic mass is 10.1. The molecule has 73 heavy (non-hydrogen) atoms. The Morgan fingerprint density at radius 3 is 1.51 bits per heavy atom. The Kier molecular flexibility index (Phi) is 18.5. The largest absolute Gasteiger partial charge is 0.465 e. The van der Waals surface area contributed by atoms with E-state index in [0.29, 0.717) is 42.2 Å². The van der Waals surface area contributed by atoms with Gasteiger partial charge < -0.3 is 34.3 Å². The predicted molar refractivity (Wildman–Crippen MR) is 263 cm³/mol. The molecular weight excluding hydrogens is 973 g/mol. The number of para-hydroxylation sites is 2. The molecule has 23 nitrogen and oxygen atoms in total. The number of nitrogens with zero attached hydrogens (tertiary/aromatic N) is 4. The highest BCUT2D eigenvalue weighted by Gasteiger charge is 2.35. The third kappa shape index (κ3) is 15.7. The van der Waals surface area contributed by atoms with Crippen LogP contribution in [0.2, 0.25) is 0 Å². The van der Waals surface area contributed by atoms with Crippen molar-refractivity contribution in [2.24, 2.45) is 0 Å². The molecule has 7 rings (SSSR count). The average molecular weight is 1030 g/mol. The van der Waals surface area contributed by atoms with Gasteiger partial charge in [-0.2, -0.15) is 8.42 Å². The van der Waals surface area contributed by atoms with E-state index < -0.39 is 52.2 Å². The lowest BCUT2D eigenvalue weighted by Crippen LogP contribution is -2.50. The summed E-state index contributed by atoms with van der Waals surface area (Å²) in [5, 5.41) is 21.4. The van der Waals surface area contributed by atoms with Crippen molar-refractivity contribution in [3.63, 3.8) is 0 Å². The summed E-state index contributed by atoms with van der Waals surface area (Å²) >= 11 is 0. The first-order valence-electron chi connectivity index (χ1n) is 22.7. The number of amides is 4. The lowest BCUT2D eigenvalue weighted by molar-refractivity contribution is -0.145. The second-order valence-electron chi connectivity index (χ2n) is 16.5. The first kappa shape index (κ1) is 54.3. The van der Waals surface area contributed by atoms with Crippen molar-refractivity contribution < 1.29 is 69.8 Å². The molecule has 0 aromatic heterocycles. The topological polar surface area (TPSA) is 294 Å². The van der Waals surface area contributed by atoms with E-state index in [4.69, 9.17) is 34.5 Å². The number of nitrogens with one attached hydrogen (secondary N) is 4. The number of ether oxygens (including phenoxy) is 5. The number of cyclic esters (lactones) is 2. The number of hydrogen-bond acceptors (Lipinski definition) is 19. The summed E-state index contributed by atoms with van der Waals surface area (Å²) in [4.78, 5) is 91.3. The van der Waals surface area contributed by atoms with Crippen molar-refractivity contribution >= 4 is 75.1 Å². The Hall–Kier alpha value is -8.06. The van der Waals surface area contributed by atoms with Gasteiger partial charge in [0.15, 0.2) is 0 Å². The van der Waals surface area contributed by atoms with E-state index in [1.165, 1.54) is 55.1 Å². The molecule has 0 aliphatic carbocycles. The van der Waals surface area contributed by atoms with E-state index in [9.17, 15) is 42.0 Å². The molecule has 4 N–H and O–H groups in total. The summed E-state index contributed by atoms with van der Waals surface area (Å²) < 4.78 is 52.7. The minimum Gasteiger partial charge on any atom is -0.465 e. The van der Waals surface area contributed by atoms with Gasteiger partial charge in [-0.3, -0.25) is 58.6 Å². The molecular formula is C49H54N8O15S. The second kappa shape index (κ2) is 24.9. The third-order valence-electron chi connectivity index (χ3n) is 11.0. The molecule has 3 fully saturated rings. The molecule has 4 aromatic carbocycles. The van der Waals surface area contributed by atoms with Crippen LogP contribution in [0, 0.1) is 10.8 Å². The monoisotopic (exact) mass is 1030 g/mol. The normalized spacial score (nSPS) is 16.8. The van der Waals surface area contributed by atoms with Gasteiger partial charge in [0, 0.05) is 69.1 Å². The fourth-order valence-corrected chi connectivity index (χ4v) is 7.97. The predicted octanol–water partition coefficient (Wildman–Crippen LogP) is 3.54. The fraction of sp³-hybridized carbons (Fsp3) is 0.327. The molecule has 24 heteroatoms. The Morgan fingerprint density at radius 2 is 1.07 bits per heavy atom. The quantitative estimate of drug-likeness (QED) is 0.0312. The third-order valence-corrected chi connectivity index (χ3v) is 11.5. The van der Waals surface area contributed by atoms with Gasteiger partial charge in [-0.15, -0.1) is 0 Å². The number of rotatable bonds is 16. The highest BCUT2D eigenvalue weighted by molar-refractivity contribution is 7.86. The molecule has 4 amide bonds. The Balaban J connectivity index is 0.000000243. The molecule has 3 saturated heterocycles. The fourth-order valence-electron chi connectivity index (χ4n) is 7.57. The lowest BCUT2D eigenvalue weighted by Gasteiger charge is -2.34. The van der Waals surface area contributed by atoms with Crippen LogP contribution in [-0.4, -0.2) is 156 Å². The summed E-state index contributed by atoms with van der Waals surface area (Å²) in [7, 11) is -3.66. The number of amidine groups is 2. The standard InChI is InChI=1S/C28H33N5O7.C21H21N3O8S/c1-3-38-25(35)18-32-14-12-31(13-15-32)16-22-17-33(28(37)40-22)21-10-8-20(9-11-21)26(29)30-27(36)23-6-4-5-7-24(23)39-19(2)34;1-13(25)31-18-6-4-3-5-17(18)20(26)23-19(22)14-7-9-15(10-8-14)24-11-16(32-21(24)27)12-30-33(2,28)29/h4-11,22H,3,12-18H2,1-2H3,(H2,29,30,36);3-10,16H,11-12H2,1-2H3,(H2,22,23,26). The van der Waals surface area contributed by atoms with Crippen molar-refractivity contribution in [2.45, 2.75) is 33.0 Å². The molecule has 3 aliphatic heterocycles. The maximum atomic E-state index is 12.7. The summed E-state index contributed by atoms with van der Waals surface area (Å²) in [5.41, 5.74) is 2.11. The van der Waals surface area contributed by atoms with Gasteiger partial charge in [0.2, 0.25) is 0 Å². The minimum atomic E-state index is -3.66. The van der Waals surface area contributed by atoms with Crippen LogP contribution in [0.15, 0.2) is 97.1 Å². The van der Waals surface area contributed by atoms with Crippen LogP contribution >= 0.6 is 0 Å². The Labute approximate surface area is 420 Å². The summed E-state index contributed by atoms with van der Waals surface area (Å²) in [5.74, 6) is -2.72. The molecule has 3 aliphatic rings. The smallest absolute Gasteiger partial charge is 0.414 e. The number of piperazine rings is 1. The van der Waals surface area contributed by atoms with Gasteiger partial charge in [0.25, 0.3) is 21.9 Å². The van der Waals surface area contributed by atoms with Crippen LogP contribution in [0.5, 0.6) is 11.5 Å².